The van der Waals surface area contributed by atoms with E-state index in [-0.39, 0.29) is 12.5 Å². The molecule has 4 nitrogen and oxygen atoms in total. The minimum absolute atomic E-state index is 0.00630. The smallest absolute Gasteiger partial charge is 0.319 e. The molecule has 24 heavy (non-hydrogen) atoms. The van der Waals surface area contributed by atoms with Crippen LogP contribution in [0.1, 0.15) is 18.1 Å². The fourth-order valence-corrected chi connectivity index (χ4v) is 3.30. The number of hydrogen-bond acceptors (Lipinski definition) is 2. The molecule has 1 aliphatic rings. The highest BCUT2D eigenvalue weighted by Crippen LogP contribution is 2.33. The normalized spacial score (nSPS) is 20.4. The second kappa shape index (κ2) is 6.28. The Labute approximate surface area is 154 Å². The molecule has 1 aliphatic heterocycles. The van der Waals surface area contributed by atoms with Gasteiger partial charge in [-0.25, -0.2) is 4.79 Å². The fraction of sp³-hybridized carbons (Fsp3) is 0.176. The highest BCUT2D eigenvalue weighted by molar-refractivity contribution is 6.36. The van der Waals surface area contributed by atoms with Crippen molar-refractivity contribution in [1.29, 1.82) is 0 Å². The minimum atomic E-state index is -1.16. The molecule has 0 spiro atoms. The monoisotopic (exact) mass is 382 g/mol. The van der Waals surface area contributed by atoms with Gasteiger partial charge in [-0.05, 0) is 36.8 Å². The van der Waals surface area contributed by atoms with E-state index < -0.39 is 11.6 Å². The van der Waals surface area contributed by atoms with Crippen molar-refractivity contribution in [1.82, 2.24) is 10.2 Å². The van der Waals surface area contributed by atoms with E-state index in [1.54, 1.807) is 49.4 Å². The lowest BCUT2D eigenvalue weighted by Gasteiger charge is -2.22. The second-order valence-electron chi connectivity index (χ2n) is 5.65. The summed E-state index contributed by atoms with van der Waals surface area (Å²) in [5.41, 5.74) is 0.0257. The fourth-order valence-electron chi connectivity index (χ4n) is 2.66. The topological polar surface area (TPSA) is 49.4 Å². The summed E-state index contributed by atoms with van der Waals surface area (Å²) >= 11 is 18.2. The lowest BCUT2D eigenvalue weighted by molar-refractivity contribution is -0.131. The van der Waals surface area contributed by atoms with Gasteiger partial charge in [0.05, 0.1) is 6.54 Å². The maximum Gasteiger partial charge on any atom is 0.325 e. The molecule has 2 aromatic rings. The zero-order valence-corrected chi connectivity index (χ0v) is 14.9. The van der Waals surface area contributed by atoms with Crippen LogP contribution in [-0.4, -0.2) is 16.8 Å². The van der Waals surface area contributed by atoms with Gasteiger partial charge in [0.15, 0.2) is 0 Å². The van der Waals surface area contributed by atoms with Crippen LogP contribution in [-0.2, 0) is 16.9 Å². The van der Waals surface area contributed by atoms with Gasteiger partial charge in [0.25, 0.3) is 5.91 Å². The molecule has 7 heteroatoms. The van der Waals surface area contributed by atoms with Gasteiger partial charge in [-0.1, -0.05) is 53.0 Å². The number of hydrogen-bond donors (Lipinski definition) is 1. The third kappa shape index (κ3) is 2.86. The van der Waals surface area contributed by atoms with Gasteiger partial charge in [-0.2, -0.15) is 0 Å². The molecule has 0 aliphatic carbocycles. The lowest BCUT2D eigenvalue weighted by Crippen LogP contribution is -2.40. The Morgan fingerprint density at radius 2 is 1.58 bits per heavy atom. The van der Waals surface area contributed by atoms with Crippen molar-refractivity contribution in [2.24, 2.45) is 0 Å². The Morgan fingerprint density at radius 1 is 1.00 bits per heavy atom. The molecule has 1 atom stereocenters. The predicted molar refractivity (Wildman–Crippen MR) is 94.3 cm³/mol. The van der Waals surface area contributed by atoms with Crippen LogP contribution in [0.4, 0.5) is 4.79 Å². The molecule has 3 rings (SSSR count). The first-order valence-electron chi connectivity index (χ1n) is 7.16. The highest BCUT2D eigenvalue weighted by atomic mass is 35.5. The Kier molecular flexibility index (Phi) is 4.47. The van der Waals surface area contributed by atoms with Gasteiger partial charge in [0.1, 0.15) is 5.54 Å². The standard InChI is InChI=1S/C17H13Cl3N2O2/c1-17(10-5-7-11(18)8-6-10)15(23)22(16(24)21-17)9-12-13(19)3-2-4-14(12)20/h2-8H,9H2,1H3,(H,21,24). The van der Waals surface area contributed by atoms with Crippen LogP contribution in [0.5, 0.6) is 0 Å². The quantitative estimate of drug-likeness (QED) is 0.787. The molecule has 1 saturated heterocycles. The van der Waals surface area contributed by atoms with E-state index in [9.17, 15) is 9.59 Å². The number of imide groups is 1. The number of carbonyl (C=O) groups is 2. The van der Waals surface area contributed by atoms with Crippen molar-refractivity contribution in [3.63, 3.8) is 0 Å². The van der Waals surface area contributed by atoms with Gasteiger partial charge in [-0.15, -0.1) is 0 Å². The number of rotatable bonds is 3. The maximum absolute atomic E-state index is 12.9. The highest BCUT2D eigenvalue weighted by Gasteiger charge is 2.49. The van der Waals surface area contributed by atoms with Crippen LogP contribution in [0.3, 0.4) is 0 Å². The van der Waals surface area contributed by atoms with Crippen molar-refractivity contribution in [2.45, 2.75) is 19.0 Å². The molecule has 0 saturated carbocycles. The number of nitrogens with one attached hydrogen (secondary N) is 1. The maximum atomic E-state index is 12.9. The molecule has 1 fully saturated rings. The average Bonchev–Trinajstić information content (AvgIpc) is 2.75. The predicted octanol–water partition coefficient (Wildman–Crippen LogP) is 4.61. The number of amides is 3. The summed E-state index contributed by atoms with van der Waals surface area (Å²) in [7, 11) is 0. The van der Waals surface area contributed by atoms with Crippen LogP contribution in [0, 0.1) is 0 Å². The van der Waals surface area contributed by atoms with Crippen LogP contribution in [0.25, 0.3) is 0 Å². The van der Waals surface area contributed by atoms with Gasteiger partial charge in [0, 0.05) is 20.6 Å². The Morgan fingerprint density at radius 3 is 2.17 bits per heavy atom. The van der Waals surface area contributed by atoms with Crippen molar-refractivity contribution in [3.05, 3.63) is 68.7 Å². The Hall–Kier alpha value is -1.75. The zero-order chi connectivity index (χ0) is 17.5. The van der Waals surface area contributed by atoms with Crippen LogP contribution in [0.15, 0.2) is 42.5 Å². The summed E-state index contributed by atoms with van der Waals surface area (Å²) in [4.78, 5) is 26.3. The number of nitrogens with zero attached hydrogens (tertiary/aromatic N) is 1. The summed E-state index contributed by atoms with van der Waals surface area (Å²) in [6.07, 6.45) is 0. The summed E-state index contributed by atoms with van der Waals surface area (Å²) in [6, 6.07) is 11.3. The SMILES string of the molecule is CC1(c2ccc(Cl)cc2)NC(=O)N(Cc2c(Cl)cccc2Cl)C1=O. The minimum Gasteiger partial charge on any atom is -0.319 e. The molecule has 0 radical (unpaired) electrons. The number of benzene rings is 2. The molecule has 0 bridgehead atoms. The van der Waals surface area contributed by atoms with Crippen LogP contribution < -0.4 is 5.32 Å². The molecular weight excluding hydrogens is 371 g/mol. The van der Waals surface area contributed by atoms with Gasteiger partial charge in [0.2, 0.25) is 0 Å². The molecular formula is C17H13Cl3N2O2. The summed E-state index contributed by atoms with van der Waals surface area (Å²) in [5, 5.41) is 4.10. The van der Waals surface area contributed by atoms with E-state index in [4.69, 9.17) is 34.8 Å². The van der Waals surface area contributed by atoms with Gasteiger partial charge in [-0.3, -0.25) is 9.69 Å². The first-order valence-corrected chi connectivity index (χ1v) is 8.29. The largest absolute Gasteiger partial charge is 0.325 e. The summed E-state index contributed by atoms with van der Waals surface area (Å²) in [6.45, 7) is 1.66. The van der Waals surface area contributed by atoms with E-state index in [0.29, 0.717) is 26.2 Å². The van der Waals surface area contributed by atoms with Crippen molar-refractivity contribution >= 4 is 46.7 Å². The van der Waals surface area contributed by atoms with Crippen LogP contribution in [0.2, 0.25) is 15.1 Å². The van der Waals surface area contributed by atoms with Crippen LogP contribution >= 0.6 is 34.8 Å². The average molecular weight is 384 g/mol. The zero-order valence-electron chi connectivity index (χ0n) is 12.6. The first-order chi connectivity index (χ1) is 11.3. The number of urea groups is 1. The van der Waals surface area contributed by atoms with E-state index >= 15 is 0 Å². The Bertz CT molecular complexity index is 803. The van der Waals surface area contributed by atoms with Crippen molar-refractivity contribution in [3.8, 4) is 0 Å². The number of halogens is 3. The second-order valence-corrected chi connectivity index (χ2v) is 6.90. The van der Waals surface area contributed by atoms with Crippen molar-refractivity contribution < 1.29 is 9.59 Å². The third-order valence-electron chi connectivity index (χ3n) is 4.07. The van der Waals surface area contributed by atoms with Crippen molar-refractivity contribution in [2.75, 3.05) is 0 Å². The molecule has 3 amide bonds. The summed E-state index contributed by atoms with van der Waals surface area (Å²) in [5.74, 6) is -0.370. The molecule has 1 heterocycles. The lowest BCUT2D eigenvalue weighted by atomic mass is 9.92. The first kappa shape index (κ1) is 17.1. The van der Waals surface area contributed by atoms with Gasteiger partial charge >= 0.3 is 6.03 Å². The van der Waals surface area contributed by atoms with E-state index in [2.05, 4.69) is 5.32 Å². The Balaban J connectivity index is 1.93. The van der Waals surface area contributed by atoms with E-state index in [1.807, 2.05) is 0 Å². The summed E-state index contributed by atoms with van der Waals surface area (Å²) < 4.78 is 0. The van der Waals surface area contributed by atoms with E-state index in [1.165, 1.54) is 0 Å². The molecule has 1 unspecified atom stereocenters. The molecule has 124 valence electrons. The van der Waals surface area contributed by atoms with Gasteiger partial charge < -0.3 is 5.32 Å². The number of carbonyl (C=O) groups excluding carboxylic acids is 2. The molecule has 0 aromatic heterocycles. The van der Waals surface area contributed by atoms with E-state index in [0.717, 1.165) is 4.90 Å². The molecule has 2 aromatic carbocycles. The molecule has 1 N–H and O–H groups in total. The third-order valence-corrected chi connectivity index (χ3v) is 5.03.